The lowest BCUT2D eigenvalue weighted by Gasteiger charge is -2.05. The van der Waals surface area contributed by atoms with Crippen LogP contribution < -0.4 is 16.0 Å². The number of aromatic nitrogens is 4. The minimum absolute atomic E-state index is 0.218. The fourth-order valence-electron chi connectivity index (χ4n) is 1.54. The molecule has 0 spiro atoms. The number of nitrogen functional groups attached to an aromatic ring is 1. The van der Waals surface area contributed by atoms with Crippen LogP contribution in [0, 0.1) is 0 Å². The molecular weight excluding hydrogens is 278 g/mol. The highest BCUT2D eigenvalue weighted by Gasteiger charge is 2.16. The van der Waals surface area contributed by atoms with Gasteiger partial charge in [0.1, 0.15) is 17.0 Å². The van der Waals surface area contributed by atoms with Crippen LogP contribution in [0.1, 0.15) is 15.5 Å². The van der Waals surface area contributed by atoms with E-state index >= 15 is 0 Å². The Morgan fingerprint density at radius 2 is 2.30 bits per heavy atom. The largest absolute Gasteiger partial charge is 0.382 e. The van der Waals surface area contributed by atoms with Crippen molar-refractivity contribution in [1.29, 1.82) is 0 Å². The van der Waals surface area contributed by atoms with E-state index in [4.69, 9.17) is 5.73 Å². The average molecular weight is 295 g/mol. The molecule has 2 rings (SSSR count). The third-order valence-corrected chi connectivity index (χ3v) is 3.75. The second-order valence-electron chi connectivity index (χ2n) is 4.45. The molecule has 0 aliphatic rings. The summed E-state index contributed by atoms with van der Waals surface area (Å²) in [5.41, 5.74) is 5.75. The summed E-state index contributed by atoms with van der Waals surface area (Å²) in [6.45, 7) is 0.456. The second kappa shape index (κ2) is 5.87. The highest BCUT2D eigenvalue weighted by molar-refractivity contribution is 7.18. The van der Waals surface area contributed by atoms with Crippen molar-refractivity contribution in [1.82, 2.24) is 25.1 Å². The summed E-state index contributed by atoms with van der Waals surface area (Å²) in [5.74, 6) is 0.732. The summed E-state index contributed by atoms with van der Waals surface area (Å²) in [4.78, 5) is 22.5. The third-order valence-electron chi connectivity index (χ3n) is 2.51. The molecule has 0 aromatic carbocycles. The number of carbonyl (C=O) groups is 1. The predicted octanol–water partition coefficient (Wildman–Crippen LogP) is -0.108. The molecule has 0 aliphatic heterocycles. The lowest BCUT2D eigenvalue weighted by atomic mass is 10.4. The Kier molecular flexibility index (Phi) is 4.18. The van der Waals surface area contributed by atoms with Crippen molar-refractivity contribution in [3.05, 3.63) is 17.0 Å². The quantitative estimate of drug-likeness (QED) is 0.798. The van der Waals surface area contributed by atoms with Crippen molar-refractivity contribution in [3.8, 4) is 0 Å². The van der Waals surface area contributed by atoms with Crippen LogP contribution in [-0.4, -0.2) is 46.3 Å². The van der Waals surface area contributed by atoms with Crippen LogP contribution >= 0.6 is 11.3 Å². The summed E-state index contributed by atoms with van der Waals surface area (Å²) in [6, 6.07) is 0. The number of nitrogens with two attached hydrogens (primary N) is 1. The smallest absolute Gasteiger partial charge is 0.265 e. The van der Waals surface area contributed by atoms with Crippen LogP contribution in [0.3, 0.4) is 0 Å². The molecule has 2 heterocycles. The van der Waals surface area contributed by atoms with Gasteiger partial charge in [0.05, 0.1) is 0 Å². The molecule has 0 unspecified atom stereocenters. The molecule has 0 bridgehead atoms. The fourth-order valence-corrected chi connectivity index (χ4v) is 2.36. The Morgan fingerprint density at radius 3 is 2.85 bits per heavy atom. The van der Waals surface area contributed by atoms with E-state index < -0.39 is 0 Å². The molecule has 1 amide bonds. The van der Waals surface area contributed by atoms with E-state index in [0.29, 0.717) is 28.8 Å². The minimum Gasteiger partial charge on any atom is -0.382 e. The van der Waals surface area contributed by atoms with Crippen molar-refractivity contribution in [2.75, 3.05) is 31.3 Å². The summed E-state index contributed by atoms with van der Waals surface area (Å²) in [5, 5.41) is 7.64. The monoisotopic (exact) mass is 295 g/mol. The van der Waals surface area contributed by atoms with Crippen LogP contribution in [-0.2, 0) is 13.5 Å². The zero-order valence-corrected chi connectivity index (χ0v) is 12.4. The van der Waals surface area contributed by atoms with Gasteiger partial charge in [-0.15, -0.1) is 0 Å². The number of hydrogen-bond donors (Lipinski definition) is 2. The van der Waals surface area contributed by atoms with E-state index in [9.17, 15) is 4.79 Å². The lowest BCUT2D eigenvalue weighted by molar-refractivity contribution is 0.0958. The van der Waals surface area contributed by atoms with Gasteiger partial charge in [-0.25, -0.2) is 9.97 Å². The summed E-state index contributed by atoms with van der Waals surface area (Å²) >= 11 is 1.27. The van der Waals surface area contributed by atoms with Crippen LogP contribution in [0.15, 0.2) is 6.33 Å². The number of hydrogen-bond acceptors (Lipinski definition) is 7. The standard InChI is InChI=1S/C11H17N7OS/c1-17(2)11-15-9(12)8(20-11)10(19)13-5-4-7-14-6-18(3)16-7/h6H,4-5,12H2,1-3H3,(H,13,19). The van der Waals surface area contributed by atoms with Gasteiger partial charge in [0.25, 0.3) is 5.91 Å². The van der Waals surface area contributed by atoms with Crippen molar-refractivity contribution >= 4 is 28.2 Å². The summed E-state index contributed by atoms with van der Waals surface area (Å²) in [6.07, 6.45) is 2.20. The first kappa shape index (κ1) is 14.3. The van der Waals surface area contributed by atoms with Crippen molar-refractivity contribution in [3.63, 3.8) is 0 Å². The third kappa shape index (κ3) is 3.23. The van der Waals surface area contributed by atoms with E-state index in [2.05, 4.69) is 20.4 Å². The highest BCUT2D eigenvalue weighted by atomic mass is 32.1. The predicted molar refractivity (Wildman–Crippen MR) is 77.9 cm³/mol. The summed E-state index contributed by atoms with van der Waals surface area (Å²) in [7, 11) is 5.51. The fraction of sp³-hybridized carbons (Fsp3) is 0.455. The number of aryl methyl sites for hydroxylation is 1. The van der Waals surface area contributed by atoms with Gasteiger partial charge in [0.2, 0.25) is 0 Å². The van der Waals surface area contributed by atoms with E-state index in [1.54, 1.807) is 18.1 Å². The molecule has 0 saturated carbocycles. The molecular formula is C11H17N7OS. The van der Waals surface area contributed by atoms with Crippen LogP contribution in [0.5, 0.6) is 0 Å². The minimum atomic E-state index is -0.218. The Hall–Kier alpha value is -2.16. The number of nitrogens with one attached hydrogen (secondary N) is 1. The first-order valence-electron chi connectivity index (χ1n) is 6.03. The zero-order chi connectivity index (χ0) is 14.7. The van der Waals surface area contributed by atoms with Crippen LogP contribution in [0.25, 0.3) is 0 Å². The topological polar surface area (TPSA) is 102 Å². The SMILES string of the molecule is CN(C)c1nc(N)c(C(=O)NCCc2ncn(C)n2)s1. The number of nitrogens with zero attached hydrogens (tertiary/aromatic N) is 5. The molecule has 2 aromatic heterocycles. The normalized spacial score (nSPS) is 10.6. The Bertz CT molecular complexity index is 604. The first-order chi connectivity index (χ1) is 9.47. The average Bonchev–Trinajstić information content (AvgIpc) is 2.95. The molecule has 0 saturated heterocycles. The highest BCUT2D eigenvalue weighted by Crippen LogP contribution is 2.26. The molecule has 0 atom stereocenters. The molecule has 108 valence electrons. The van der Waals surface area contributed by atoms with Gasteiger partial charge in [-0.1, -0.05) is 11.3 Å². The van der Waals surface area contributed by atoms with E-state index in [-0.39, 0.29) is 11.7 Å². The number of thiazole rings is 1. The van der Waals surface area contributed by atoms with Crippen molar-refractivity contribution in [2.24, 2.45) is 7.05 Å². The lowest BCUT2D eigenvalue weighted by Crippen LogP contribution is -2.26. The molecule has 2 aromatic rings. The maximum atomic E-state index is 12.0. The second-order valence-corrected chi connectivity index (χ2v) is 5.42. The number of amides is 1. The maximum absolute atomic E-state index is 12.0. The molecule has 8 nitrogen and oxygen atoms in total. The van der Waals surface area contributed by atoms with Gasteiger partial charge in [-0.2, -0.15) is 5.10 Å². The van der Waals surface area contributed by atoms with Gasteiger partial charge >= 0.3 is 0 Å². The van der Waals surface area contributed by atoms with Gasteiger partial charge in [-0.05, 0) is 0 Å². The van der Waals surface area contributed by atoms with E-state index in [1.807, 2.05) is 19.0 Å². The molecule has 3 N–H and O–H groups in total. The molecule has 0 fully saturated rings. The Morgan fingerprint density at radius 1 is 1.55 bits per heavy atom. The van der Waals surface area contributed by atoms with Gasteiger partial charge < -0.3 is 16.0 Å². The van der Waals surface area contributed by atoms with E-state index in [0.717, 1.165) is 0 Å². The van der Waals surface area contributed by atoms with Crippen molar-refractivity contribution in [2.45, 2.75) is 6.42 Å². The van der Waals surface area contributed by atoms with E-state index in [1.165, 1.54) is 11.3 Å². The van der Waals surface area contributed by atoms with Crippen molar-refractivity contribution < 1.29 is 4.79 Å². The number of anilines is 2. The molecule has 9 heteroatoms. The Labute approximate surface area is 120 Å². The first-order valence-corrected chi connectivity index (χ1v) is 6.85. The van der Waals surface area contributed by atoms with Gasteiger partial charge in [0.15, 0.2) is 11.0 Å². The van der Waals surface area contributed by atoms with Gasteiger partial charge in [-0.3, -0.25) is 9.48 Å². The molecule has 20 heavy (non-hydrogen) atoms. The molecule has 0 radical (unpaired) electrons. The number of carbonyl (C=O) groups excluding carboxylic acids is 1. The summed E-state index contributed by atoms with van der Waals surface area (Å²) < 4.78 is 1.63. The van der Waals surface area contributed by atoms with Gasteiger partial charge in [0, 0.05) is 34.1 Å². The van der Waals surface area contributed by atoms with Crippen LogP contribution in [0.4, 0.5) is 10.9 Å². The number of rotatable bonds is 5. The van der Waals surface area contributed by atoms with Crippen LogP contribution in [0.2, 0.25) is 0 Å². The zero-order valence-electron chi connectivity index (χ0n) is 11.6. The maximum Gasteiger partial charge on any atom is 0.265 e. The molecule has 0 aliphatic carbocycles. The Balaban J connectivity index is 1.91.